The molecule has 2 heteroatoms. The Labute approximate surface area is 189 Å². The van der Waals surface area contributed by atoms with Gasteiger partial charge in [-0.2, -0.15) is 0 Å². The molecule has 0 aliphatic heterocycles. The minimum absolute atomic E-state index is 0. The summed E-state index contributed by atoms with van der Waals surface area (Å²) in [5.41, 5.74) is 9.03. The van der Waals surface area contributed by atoms with E-state index in [1.54, 1.807) is 0 Å². The molecule has 0 atom stereocenters. The van der Waals surface area contributed by atoms with Crippen molar-refractivity contribution in [2.24, 2.45) is 0 Å². The van der Waals surface area contributed by atoms with Crippen LogP contribution in [0.1, 0.15) is 0 Å². The van der Waals surface area contributed by atoms with E-state index in [-0.39, 0.29) is 18.9 Å². The van der Waals surface area contributed by atoms with Crippen LogP contribution in [0.3, 0.4) is 0 Å². The maximum absolute atomic E-state index is 5.20. The first kappa shape index (κ1) is 20.0. The number of rotatable bonds is 4. The van der Waals surface area contributed by atoms with Crippen LogP contribution in [0.15, 0.2) is 121 Å². The quantitative estimate of drug-likeness (QED) is 0.426. The molecule has 5 aromatic rings. The third-order valence-electron chi connectivity index (χ3n) is 5.17. The summed E-state index contributed by atoms with van der Waals surface area (Å²) < 4.78 is 0. The number of aromatic nitrogens is 1. The minimum Gasteiger partial charge on any atom is -0.656 e. The SMILES string of the molecule is [Li+].c1ccc(-c2[n-]c(-c3ccccc3)c(-c3ccccc3)c2-c2ccccc2)cc1. The molecule has 0 saturated heterocycles. The Bertz CT molecular complexity index is 1110. The van der Waals surface area contributed by atoms with Crippen molar-refractivity contribution in [3.8, 4) is 44.8 Å². The molecule has 4 aromatic carbocycles. The molecule has 138 valence electrons. The Balaban J connectivity index is 0.00000218. The molecule has 30 heavy (non-hydrogen) atoms. The number of hydrogen-bond donors (Lipinski definition) is 0. The average Bonchev–Trinajstić information content (AvgIpc) is 3.22. The van der Waals surface area contributed by atoms with Crippen molar-refractivity contribution in [3.63, 3.8) is 0 Å². The van der Waals surface area contributed by atoms with Gasteiger partial charge in [0.15, 0.2) is 0 Å². The zero-order valence-electron chi connectivity index (χ0n) is 17.0. The van der Waals surface area contributed by atoms with Crippen LogP contribution in [0, 0.1) is 0 Å². The van der Waals surface area contributed by atoms with Crippen LogP contribution in [-0.4, -0.2) is 0 Å². The van der Waals surface area contributed by atoms with E-state index in [0.717, 1.165) is 22.5 Å². The first-order valence-corrected chi connectivity index (χ1v) is 9.84. The van der Waals surface area contributed by atoms with E-state index in [9.17, 15) is 0 Å². The van der Waals surface area contributed by atoms with Crippen molar-refractivity contribution < 1.29 is 18.9 Å². The van der Waals surface area contributed by atoms with Crippen molar-refractivity contribution in [1.82, 2.24) is 4.98 Å². The van der Waals surface area contributed by atoms with Crippen molar-refractivity contribution in [1.29, 1.82) is 0 Å². The summed E-state index contributed by atoms with van der Waals surface area (Å²) in [6, 6.07) is 42.1. The van der Waals surface area contributed by atoms with Gasteiger partial charge in [-0.25, -0.2) is 0 Å². The molecule has 1 heterocycles. The summed E-state index contributed by atoms with van der Waals surface area (Å²) >= 11 is 0. The Kier molecular flexibility index (Phi) is 6.05. The van der Waals surface area contributed by atoms with E-state index in [0.29, 0.717) is 0 Å². The minimum atomic E-state index is 0. The summed E-state index contributed by atoms with van der Waals surface area (Å²) in [4.78, 5) is 5.20. The molecular weight excluding hydrogens is 357 g/mol. The van der Waals surface area contributed by atoms with Gasteiger partial charge in [-0.15, -0.1) is 11.4 Å². The zero-order chi connectivity index (χ0) is 19.5. The van der Waals surface area contributed by atoms with E-state index in [1.165, 1.54) is 22.3 Å². The summed E-state index contributed by atoms with van der Waals surface area (Å²) in [6.07, 6.45) is 0. The van der Waals surface area contributed by atoms with Gasteiger partial charge in [-0.1, -0.05) is 121 Å². The molecule has 0 N–H and O–H groups in total. The summed E-state index contributed by atoms with van der Waals surface area (Å²) in [6.45, 7) is 0. The average molecular weight is 377 g/mol. The van der Waals surface area contributed by atoms with Crippen molar-refractivity contribution >= 4 is 0 Å². The molecule has 0 unspecified atom stereocenters. The van der Waals surface area contributed by atoms with Crippen LogP contribution in [0.2, 0.25) is 0 Å². The molecule has 0 amide bonds. The molecular formula is C28H20LiN. The number of nitrogens with zero attached hydrogens (tertiary/aromatic N) is 1. The Morgan fingerprint density at radius 1 is 0.333 bits per heavy atom. The van der Waals surface area contributed by atoms with Crippen LogP contribution >= 0.6 is 0 Å². The van der Waals surface area contributed by atoms with Gasteiger partial charge in [0.05, 0.1) is 0 Å². The monoisotopic (exact) mass is 377 g/mol. The first-order chi connectivity index (χ1) is 14.4. The molecule has 0 bridgehead atoms. The van der Waals surface area contributed by atoms with E-state index in [2.05, 4.69) is 109 Å². The van der Waals surface area contributed by atoms with Crippen LogP contribution in [0.25, 0.3) is 44.8 Å². The summed E-state index contributed by atoms with van der Waals surface area (Å²) in [7, 11) is 0. The Morgan fingerprint density at radius 2 is 0.600 bits per heavy atom. The largest absolute Gasteiger partial charge is 1.00 e. The maximum Gasteiger partial charge on any atom is 1.00 e. The predicted molar refractivity (Wildman–Crippen MR) is 122 cm³/mol. The topological polar surface area (TPSA) is 14.1 Å². The number of hydrogen-bond acceptors (Lipinski definition) is 0. The molecule has 0 radical (unpaired) electrons. The van der Waals surface area contributed by atoms with E-state index >= 15 is 0 Å². The second kappa shape index (κ2) is 9.05. The van der Waals surface area contributed by atoms with Gasteiger partial charge in [-0.3, -0.25) is 0 Å². The predicted octanol–water partition coefficient (Wildman–Crippen LogP) is 4.32. The smallest absolute Gasteiger partial charge is 0.656 e. The second-order valence-electron chi connectivity index (χ2n) is 7.02. The van der Waals surface area contributed by atoms with Crippen molar-refractivity contribution in [2.45, 2.75) is 0 Å². The van der Waals surface area contributed by atoms with Gasteiger partial charge in [0.2, 0.25) is 0 Å². The fraction of sp³-hybridized carbons (Fsp3) is 0. The van der Waals surface area contributed by atoms with Crippen LogP contribution in [-0.2, 0) is 0 Å². The first-order valence-electron chi connectivity index (χ1n) is 9.84. The number of benzene rings is 4. The third kappa shape index (κ3) is 3.79. The van der Waals surface area contributed by atoms with E-state index < -0.39 is 0 Å². The third-order valence-corrected chi connectivity index (χ3v) is 5.17. The Morgan fingerprint density at radius 3 is 0.900 bits per heavy atom. The van der Waals surface area contributed by atoms with Crippen molar-refractivity contribution in [3.05, 3.63) is 121 Å². The van der Waals surface area contributed by atoms with Gasteiger partial charge < -0.3 is 4.98 Å². The van der Waals surface area contributed by atoms with Crippen LogP contribution < -0.4 is 23.8 Å². The molecule has 0 saturated carbocycles. The molecule has 0 aliphatic carbocycles. The molecule has 0 spiro atoms. The normalized spacial score (nSPS) is 10.4. The fourth-order valence-electron chi connectivity index (χ4n) is 3.84. The van der Waals surface area contributed by atoms with Gasteiger partial charge in [0, 0.05) is 0 Å². The van der Waals surface area contributed by atoms with Gasteiger partial charge >= 0.3 is 18.9 Å². The maximum atomic E-state index is 5.20. The summed E-state index contributed by atoms with van der Waals surface area (Å²) in [5, 5.41) is 0. The van der Waals surface area contributed by atoms with Crippen LogP contribution in [0.4, 0.5) is 0 Å². The van der Waals surface area contributed by atoms with E-state index in [4.69, 9.17) is 4.98 Å². The Hall–Kier alpha value is -3.24. The van der Waals surface area contributed by atoms with Gasteiger partial charge in [0.25, 0.3) is 0 Å². The van der Waals surface area contributed by atoms with Gasteiger partial charge in [0.1, 0.15) is 0 Å². The molecule has 1 aromatic heterocycles. The molecule has 1 nitrogen and oxygen atoms in total. The van der Waals surface area contributed by atoms with Crippen LogP contribution in [0.5, 0.6) is 0 Å². The standard InChI is InChI=1S/C28H20N.Li/c1-5-13-21(14-6-1)25-26(22-15-7-2-8-16-22)28(24-19-11-4-12-20-24)29-27(25)23-17-9-3-10-18-23;/h1-20H;/q-1;+1. The molecule has 0 fully saturated rings. The fourth-order valence-corrected chi connectivity index (χ4v) is 3.84. The van der Waals surface area contributed by atoms with Crippen molar-refractivity contribution in [2.75, 3.05) is 0 Å². The summed E-state index contributed by atoms with van der Waals surface area (Å²) in [5.74, 6) is 0. The molecule has 0 aliphatic rings. The zero-order valence-corrected chi connectivity index (χ0v) is 17.0. The van der Waals surface area contributed by atoms with E-state index in [1.807, 2.05) is 12.1 Å². The van der Waals surface area contributed by atoms with Gasteiger partial charge in [-0.05, 0) is 33.4 Å². The molecule has 5 rings (SSSR count). The second-order valence-corrected chi connectivity index (χ2v) is 7.02.